The van der Waals surface area contributed by atoms with Crippen LogP contribution in [-0.4, -0.2) is 47.9 Å². The Kier molecular flexibility index (Phi) is 5.45. The summed E-state index contributed by atoms with van der Waals surface area (Å²) in [6, 6.07) is 0. The number of carbonyl (C=O) groups is 3. The van der Waals surface area contributed by atoms with Crippen LogP contribution in [0.1, 0.15) is 65.7 Å². The Bertz CT molecular complexity index is 857. The van der Waals surface area contributed by atoms with E-state index in [0.717, 1.165) is 5.57 Å². The zero-order valence-corrected chi connectivity index (χ0v) is 19.5. The van der Waals surface area contributed by atoms with E-state index >= 15 is 4.39 Å². The lowest BCUT2D eigenvalue weighted by Gasteiger charge is -2.62. The molecule has 0 aliphatic heterocycles. The maximum atomic E-state index is 17.1. The molecule has 0 aromatic rings. The average molecular weight is 455 g/mol. The molecule has 3 saturated carbocycles. The molecule has 4 rings (SSSR count). The largest absolute Gasteiger partial charge is 0.448 e. The second kappa shape index (κ2) is 7.38. The Morgan fingerprint density at radius 1 is 1.19 bits per heavy atom. The molecule has 172 valence electrons. The minimum Gasteiger partial charge on any atom is -0.448 e. The zero-order chi connectivity index (χ0) is 22.8. The highest BCUT2D eigenvalue weighted by molar-refractivity contribution is 6.29. The predicted octanol–water partition coefficient (Wildman–Crippen LogP) is 4.35. The number of allylic oxidation sites excluding steroid dienone is 1. The van der Waals surface area contributed by atoms with Crippen molar-refractivity contribution in [3.63, 3.8) is 0 Å². The summed E-state index contributed by atoms with van der Waals surface area (Å²) in [5, 5.41) is 0. The number of halogens is 2. The molecule has 5 nitrogen and oxygen atoms in total. The number of hydrogen-bond acceptors (Lipinski definition) is 5. The lowest BCUT2D eigenvalue weighted by atomic mass is 9.44. The van der Waals surface area contributed by atoms with Gasteiger partial charge in [-0.05, 0) is 56.4 Å². The Morgan fingerprint density at radius 3 is 2.52 bits per heavy atom. The van der Waals surface area contributed by atoms with Gasteiger partial charge in [0.25, 0.3) is 0 Å². The molecule has 3 fully saturated rings. The van der Waals surface area contributed by atoms with E-state index in [0.29, 0.717) is 38.5 Å². The number of Topliss-reactive ketones (excluding diaryl/α,β-unsaturated/α-hetero) is 1. The van der Waals surface area contributed by atoms with Crippen LogP contribution in [0.4, 0.5) is 4.39 Å². The van der Waals surface area contributed by atoms with E-state index in [9.17, 15) is 14.4 Å². The summed E-state index contributed by atoms with van der Waals surface area (Å²) in [4.78, 5) is 37.4. The molecule has 31 heavy (non-hydrogen) atoms. The molecule has 0 saturated heterocycles. The third-order valence-corrected chi connectivity index (χ3v) is 9.59. The summed E-state index contributed by atoms with van der Waals surface area (Å²) >= 11 is 6.00. The highest BCUT2D eigenvalue weighted by Gasteiger charge is 2.76. The third-order valence-electron chi connectivity index (χ3n) is 9.35. The van der Waals surface area contributed by atoms with Crippen molar-refractivity contribution in [3.8, 4) is 0 Å². The van der Waals surface area contributed by atoms with E-state index in [4.69, 9.17) is 21.1 Å². The van der Waals surface area contributed by atoms with Gasteiger partial charge in [-0.3, -0.25) is 14.4 Å². The van der Waals surface area contributed by atoms with Crippen LogP contribution in [-0.2, 0) is 23.9 Å². The van der Waals surface area contributed by atoms with E-state index < -0.39 is 34.2 Å². The monoisotopic (exact) mass is 454 g/mol. The lowest BCUT2D eigenvalue weighted by Crippen LogP contribution is -2.66. The number of fused-ring (bicyclic) bond motifs is 5. The van der Waals surface area contributed by atoms with Gasteiger partial charge in [0, 0.05) is 31.3 Å². The van der Waals surface area contributed by atoms with Gasteiger partial charge in [0.2, 0.25) is 5.60 Å². The second-order valence-electron chi connectivity index (χ2n) is 10.3. The fourth-order valence-corrected chi connectivity index (χ4v) is 7.96. The molecule has 0 aromatic carbocycles. The van der Waals surface area contributed by atoms with Gasteiger partial charge < -0.3 is 9.47 Å². The number of alkyl halides is 2. The van der Waals surface area contributed by atoms with Crippen LogP contribution in [0.3, 0.4) is 0 Å². The van der Waals surface area contributed by atoms with Crippen LogP contribution in [0.5, 0.6) is 0 Å². The van der Waals surface area contributed by atoms with Crippen LogP contribution in [0, 0.1) is 22.7 Å². The first kappa shape index (κ1) is 22.9. The molecule has 0 spiro atoms. The standard InChI is InChI=1S/C24H32ClFO5/c1-14(27)31-24(19(29)13-25)20(30-4)12-18-17-6-5-15-11-16(28)7-8-21(15,2)23(17,26)10-9-22(18,24)3/h11,17-18,20H,5-10,12-13H2,1-4H3/t17-,18-,20?,21-,22-,23+,24+/m0/s1. The number of rotatable bonds is 4. The summed E-state index contributed by atoms with van der Waals surface area (Å²) in [5.74, 6) is -1.66. The summed E-state index contributed by atoms with van der Waals surface area (Å²) in [6.45, 7) is 5.19. The normalized spacial score (nSPS) is 46.5. The van der Waals surface area contributed by atoms with Gasteiger partial charge in [0.1, 0.15) is 11.8 Å². The fraction of sp³-hybridized carbons (Fsp3) is 0.792. The minimum atomic E-state index is -1.51. The second-order valence-corrected chi connectivity index (χ2v) is 10.6. The molecule has 4 aliphatic carbocycles. The van der Waals surface area contributed by atoms with Crippen LogP contribution in [0.25, 0.3) is 0 Å². The molecular formula is C24H32ClFO5. The van der Waals surface area contributed by atoms with E-state index in [1.54, 1.807) is 6.08 Å². The SMILES string of the molecule is COC1C[C@H]2[C@@H]3CCC4=CC(=O)CC[C@]4(C)[C@@]3(F)CC[C@]2(C)[C@@]1(OC(C)=O)C(=O)CCl. The molecule has 0 radical (unpaired) electrons. The smallest absolute Gasteiger partial charge is 0.303 e. The number of esters is 1. The summed E-state index contributed by atoms with van der Waals surface area (Å²) in [6.07, 6.45) is 4.23. The molecule has 0 bridgehead atoms. The van der Waals surface area contributed by atoms with Crippen molar-refractivity contribution in [2.24, 2.45) is 22.7 Å². The van der Waals surface area contributed by atoms with Gasteiger partial charge in [-0.2, -0.15) is 0 Å². The number of ketones is 2. The first-order valence-electron chi connectivity index (χ1n) is 11.2. The van der Waals surface area contributed by atoms with Crippen molar-refractivity contribution < 1.29 is 28.2 Å². The van der Waals surface area contributed by atoms with Gasteiger partial charge in [-0.15, -0.1) is 11.6 Å². The number of hydrogen-bond donors (Lipinski definition) is 0. The highest BCUT2D eigenvalue weighted by Crippen LogP contribution is 2.71. The van der Waals surface area contributed by atoms with Gasteiger partial charge in [0.15, 0.2) is 11.6 Å². The molecule has 7 atom stereocenters. The molecule has 0 amide bonds. The Labute approximate surface area is 188 Å². The first-order valence-corrected chi connectivity index (χ1v) is 11.8. The van der Waals surface area contributed by atoms with Crippen molar-refractivity contribution in [2.75, 3.05) is 13.0 Å². The Morgan fingerprint density at radius 2 is 1.90 bits per heavy atom. The van der Waals surface area contributed by atoms with Gasteiger partial charge >= 0.3 is 5.97 Å². The Balaban J connectivity index is 1.82. The van der Waals surface area contributed by atoms with Crippen molar-refractivity contribution in [1.29, 1.82) is 0 Å². The first-order chi connectivity index (χ1) is 14.5. The average Bonchev–Trinajstić information content (AvgIpc) is 2.97. The maximum absolute atomic E-state index is 17.1. The van der Waals surface area contributed by atoms with Crippen LogP contribution >= 0.6 is 11.6 Å². The minimum absolute atomic E-state index is 0.0806. The van der Waals surface area contributed by atoms with Gasteiger partial charge in [0.05, 0.1) is 5.88 Å². The van der Waals surface area contributed by atoms with Crippen LogP contribution in [0.2, 0.25) is 0 Å². The lowest BCUT2D eigenvalue weighted by molar-refractivity contribution is -0.210. The maximum Gasteiger partial charge on any atom is 0.303 e. The molecule has 0 aromatic heterocycles. The quantitative estimate of drug-likeness (QED) is 0.466. The highest BCUT2D eigenvalue weighted by atomic mass is 35.5. The molecule has 4 aliphatic rings. The number of methoxy groups -OCH3 is 1. The molecule has 0 N–H and O–H groups in total. The third kappa shape index (κ3) is 2.79. The molecular weight excluding hydrogens is 423 g/mol. The van der Waals surface area contributed by atoms with Crippen LogP contribution in [0.15, 0.2) is 11.6 Å². The fourth-order valence-electron chi connectivity index (χ4n) is 7.76. The van der Waals surface area contributed by atoms with Crippen molar-refractivity contribution in [2.45, 2.75) is 83.1 Å². The summed E-state index contributed by atoms with van der Waals surface area (Å²) < 4.78 is 28.6. The van der Waals surface area contributed by atoms with Gasteiger partial charge in [-0.1, -0.05) is 19.4 Å². The van der Waals surface area contributed by atoms with Gasteiger partial charge in [-0.25, -0.2) is 4.39 Å². The van der Waals surface area contributed by atoms with Crippen molar-refractivity contribution >= 4 is 29.1 Å². The van der Waals surface area contributed by atoms with E-state index in [-0.39, 0.29) is 35.7 Å². The Hall–Kier alpha value is -1.27. The van der Waals surface area contributed by atoms with Crippen molar-refractivity contribution in [1.82, 2.24) is 0 Å². The van der Waals surface area contributed by atoms with E-state index in [1.807, 2.05) is 13.8 Å². The molecule has 0 heterocycles. The molecule has 7 heteroatoms. The topological polar surface area (TPSA) is 69.7 Å². The zero-order valence-electron chi connectivity index (χ0n) is 18.8. The van der Waals surface area contributed by atoms with Crippen LogP contribution < -0.4 is 0 Å². The van der Waals surface area contributed by atoms with E-state index in [2.05, 4.69) is 0 Å². The van der Waals surface area contributed by atoms with E-state index in [1.165, 1.54) is 14.0 Å². The summed E-state index contributed by atoms with van der Waals surface area (Å²) in [7, 11) is 1.50. The van der Waals surface area contributed by atoms with Crippen molar-refractivity contribution in [3.05, 3.63) is 11.6 Å². The summed E-state index contributed by atoms with van der Waals surface area (Å²) in [5.41, 5.74) is -3.52. The number of carbonyl (C=O) groups excluding carboxylic acids is 3. The predicted molar refractivity (Wildman–Crippen MR) is 113 cm³/mol. The number of ether oxygens (including phenoxy) is 2. The molecule has 1 unspecified atom stereocenters.